The molecular formula is C5H8Li2O4. The summed E-state index contributed by atoms with van der Waals surface area (Å²) in [6, 6.07) is 0. The Morgan fingerprint density at radius 2 is 1.36 bits per heavy atom. The average Bonchev–Trinajstić information content (AvgIpc) is 2.11. The van der Waals surface area contributed by atoms with Crippen LogP contribution in [0.2, 0.25) is 0 Å². The van der Waals surface area contributed by atoms with Gasteiger partial charge in [0.05, 0.1) is 0 Å². The molecule has 0 aromatic carbocycles. The van der Waals surface area contributed by atoms with Crippen molar-refractivity contribution in [2.75, 3.05) is 13.2 Å². The van der Waals surface area contributed by atoms with Crippen molar-refractivity contribution in [1.82, 2.24) is 0 Å². The van der Waals surface area contributed by atoms with E-state index in [0.717, 1.165) is 13.2 Å². The molecule has 1 saturated heterocycles. The zero-order valence-electron chi connectivity index (χ0n) is 6.96. The molecule has 0 spiro atoms. The van der Waals surface area contributed by atoms with Gasteiger partial charge in [-0.2, -0.15) is 0 Å². The summed E-state index contributed by atoms with van der Waals surface area (Å²) in [5.41, 5.74) is 0. The molecule has 6 heteroatoms. The van der Waals surface area contributed by atoms with Crippen LogP contribution in [0.25, 0.3) is 0 Å². The maximum Gasteiger partial charge on any atom is 1.00 e. The van der Waals surface area contributed by atoms with Crippen LogP contribution in [0.15, 0.2) is 0 Å². The largest absolute Gasteiger partial charge is 1.00 e. The van der Waals surface area contributed by atoms with Crippen molar-refractivity contribution in [1.29, 1.82) is 0 Å². The van der Waals surface area contributed by atoms with Crippen LogP contribution in [0.3, 0.4) is 0 Å². The number of ether oxygens (including phenoxy) is 1. The van der Waals surface area contributed by atoms with E-state index in [1.54, 1.807) is 0 Å². The van der Waals surface area contributed by atoms with Crippen molar-refractivity contribution in [3.8, 4) is 0 Å². The molecule has 0 bridgehead atoms. The van der Waals surface area contributed by atoms with E-state index < -0.39 is 6.16 Å². The quantitative estimate of drug-likeness (QED) is 0.318. The molecular weight excluding hydrogens is 138 g/mol. The summed E-state index contributed by atoms with van der Waals surface area (Å²) in [6.45, 7) is 2.00. The van der Waals surface area contributed by atoms with E-state index in [-0.39, 0.29) is 37.7 Å². The van der Waals surface area contributed by atoms with Crippen molar-refractivity contribution < 1.29 is 57.5 Å². The Morgan fingerprint density at radius 1 is 1.09 bits per heavy atom. The first kappa shape index (κ1) is 17.5. The van der Waals surface area contributed by atoms with Crippen LogP contribution in [0.4, 0.5) is 4.79 Å². The van der Waals surface area contributed by atoms with E-state index in [1.165, 1.54) is 12.8 Å². The Kier molecular flexibility index (Phi) is 20.7. The van der Waals surface area contributed by atoms with E-state index in [2.05, 4.69) is 0 Å². The molecule has 0 saturated carbocycles. The van der Waals surface area contributed by atoms with Crippen LogP contribution < -0.4 is 47.9 Å². The van der Waals surface area contributed by atoms with Crippen molar-refractivity contribution in [3.05, 3.63) is 0 Å². The second kappa shape index (κ2) is 13.0. The van der Waals surface area contributed by atoms with Gasteiger partial charge >= 0.3 is 37.7 Å². The number of hydrogen-bond donors (Lipinski definition) is 0. The number of carbonyl (C=O) groups is 1. The SMILES string of the molecule is C1CCOC1.O=C([O-])[O-].[Li+].[Li+]. The summed E-state index contributed by atoms with van der Waals surface area (Å²) in [7, 11) is 0. The van der Waals surface area contributed by atoms with Crippen LogP contribution in [0.1, 0.15) is 12.8 Å². The number of hydrogen-bond acceptors (Lipinski definition) is 4. The first-order chi connectivity index (χ1) is 4.23. The minimum Gasteiger partial charge on any atom is -0.652 e. The van der Waals surface area contributed by atoms with Gasteiger partial charge in [0.25, 0.3) is 0 Å². The van der Waals surface area contributed by atoms with Gasteiger partial charge in [0.2, 0.25) is 0 Å². The molecule has 11 heavy (non-hydrogen) atoms. The normalized spacial score (nSPS) is 13.1. The number of rotatable bonds is 0. The first-order valence-electron chi connectivity index (χ1n) is 2.69. The van der Waals surface area contributed by atoms with Gasteiger partial charge in [0.15, 0.2) is 0 Å². The van der Waals surface area contributed by atoms with E-state index in [0.29, 0.717) is 0 Å². The molecule has 0 aromatic rings. The summed E-state index contributed by atoms with van der Waals surface area (Å²) in [5.74, 6) is 0. The van der Waals surface area contributed by atoms with Gasteiger partial charge in [-0.1, -0.05) is 0 Å². The molecule has 0 amide bonds. The van der Waals surface area contributed by atoms with Gasteiger partial charge in [-0.05, 0) is 19.0 Å². The molecule has 1 heterocycles. The zero-order chi connectivity index (χ0) is 7.11. The molecule has 54 valence electrons. The van der Waals surface area contributed by atoms with Crippen LogP contribution in [0.5, 0.6) is 0 Å². The van der Waals surface area contributed by atoms with Gasteiger partial charge in [-0.25, -0.2) is 0 Å². The number of carboxylic acid groups (broad SMARTS) is 2. The van der Waals surface area contributed by atoms with Crippen LogP contribution in [-0.2, 0) is 4.74 Å². The van der Waals surface area contributed by atoms with Gasteiger partial charge in [-0.3, -0.25) is 0 Å². The smallest absolute Gasteiger partial charge is 0.652 e. The summed E-state index contributed by atoms with van der Waals surface area (Å²) in [4.78, 5) is 8.33. The molecule has 0 N–H and O–H groups in total. The zero-order valence-corrected chi connectivity index (χ0v) is 6.96. The Balaban J connectivity index is -0.000000101. The third-order valence-corrected chi connectivity index (χ3v) is 0.827. The molecule has 1 aliphatic rings. The monoisotopic (exact) mass is 146 g/mol. The fraction of sp³-hybridized carbons (Fsp3) is 0.800. The van der Waals surface area contributed by atoms with E-state index in [1.807, 2.05) is 0 Å². The third kappa shape index (κ3) is 25.1. The molecule has 0 aliphatic carbocycles. The molecule has 1 rings (SSSR count). The van der Waals surface area contributed by atoms with Crippen molar-refractivity contribution in [2.45, 2.75) is 12.8 Å². The van der Waals surface area contributed by atoms with Crippen LogP contribution >= 0.6 is 0 Å². The molecule has 0 atom stereocenters. The summed E-state index contributed by atoms with van der Waals surface area (Å²) < 4.78 is 4.94. The summed E-state index contributed by atoms with van der Waals surface area (Å²) >= 11 is 0. The summed E-state index contributed by atoms with van der Waals surface area (Å²) in [5, 5.41) is 16.7. The standard InChI is InChI=1S/C4H8O.CH2O3.2Li/c1-2-4-5-3-1;2-1(3)4;;/h1-4H2;(H2,2,3,4);;/q;;2*+1/p-2. The fourth-order valence-electron chi connectivity index (χ4n) is 0.510. The second-order valence-corrected chi connectivity index (χ2v) is 1.57. The number of carbonyl (C=O) groups excluding carboxylic acids is 1. The van der Waals surface area contributed by atoms with Crippen LogP contribution in [0, 0.1) is 0 Å². The predicted molar refractivity (Wildman–Crippen MR) is 25.4 cm³/mol. The Labute approximate surface area is 89.7 Å². The van der Waals surface area contributed by atoms with E-state index in [4.69, 9.17) is 19.7 Å². The molecule has 4 nitrogen and oxygen atoms in total. The molecule has 1 fully saturated rings. The minimum atomic E-state index is -2.33. The van der Waals surface area contributed by atoms with E-state index in [9.17, 15) is 0 Å². The topological polar surface area (TPSA) is 72.4 Å². The predicted octanol–water partition coefficient (Wildman–Crippen LogP) is -7.64. The van der Waals surface area contributed by atoms with Gasteiger partial charge in [0, 0.05) is 13.2 Å². The second-order valence-electron chi connectivity index (χ2n) is 1.57. The molecule has 0 unspecified atom stereocenters. The summed E-state index contributed by atoms with van der Waals surface area (Å²) in [6.07, 6.45) is 0.222. The maximum atomic E-state index is 8.33. The molecule has 0 radical (unpaired) electrons. The van der Waals surface area contributed by atoms with Crippen molar-refractivity contribution in [3.63, 3.8) is 0 Å². The maximum absolute atomic E-state index is 8.33. The minimum absolute atomic E-state index is 0. The fourth-order valence-corrected chi connectivity index (χ4v) is 0.510. The Morgan fingerprint density at radius 3 is 1.45 bits per heavy atom. The average molecular weight is 146 g/mol. The van der Waals surface area contributed by atoms with E-state index >= 15 is 0 Å². The van der Waals surface area contributed by atoms with Crippen molar-refractivity contribution in [2.24, 2.45) is 0 Å². The molecule has 1 aliphatic heterocycles. The van der Waals surface area contributed by atoms with Gasteiger partial charge < -0.3 is 19.7 Å². The molecule has 0 aromatic heterocycles. The van der Waals surface area contributed by atoms with Gasteiger partial charge in [-0.15, -0.1) is 0 Å². The van der Waals surface area contributed by atoms with Crippen molar-refractivity contribution >= 4 is 6.16 Å². The van der Waals surface area contributed by atoms with Crippen LogP contribution in [-0.4, -0.2) is 19.4 Å². The first-order valence-corrected chi connectivity index (χ1v) is 2.69. The Hall–Kier alpha value is 0.425. The third-order valence-electron chi connectivity index (χ3n) is 0.827. The Bertz CT molecular complexity index is 72.9. The van der Waals surface area contributed by atoms with Gasteiger partial charge in [0.1, 0.15) is 0 Å².